The number of quaternary nitrogens is 1. The van der Waals surface area contributed by atoms with E-state index in [1.807, 2.05) is 33.3 Å². The summed E-state index contributed by atoms with van der Waals surface area (Å²) in [5, 5.41) is 0. The summed E-state index contributed by atoms with van der Waals surface area (Å²) in [7, 11) is 1.40. The average Bonchev–Trinajstić information content (AvgIpc) is 3.43. The summed E-state index contributed by atoms with van der Waals surface area (Å²) in [4.78, 5) is 47.3. The Bertz CT molecular complexity index is 1380. The van der Waals surface area contributed by atoms with Crippen LogP contribution in [0.15, 0.2) is 28.7 Å². The summed E-state index contributed by atoms with van der Waals surface area (Å²) in [6, 6.07) is 0. The number of unbranched alkanes of at least 4 members (excludes halogenated alkanes) is 14. The third-order valence-electron chi connectivity index (χ3n) is 10.2. The van der Waals surface area contributed by atoms with Crippen molar-refractivity contribution in [1.29, 1.82) is 0 Å². The van der Waals surface area contributed by atoms with Gasteiger partial charge >= 0.3 is 19.8 Å². The lowest BCUT2D eigenvalue weighted by Gasteiger charge is -2.24. The summed E-state index contributed by atoms with van der Waals surface area (Å²) < 4.78 is 40.5. The van der Waals surface area contributed by atoms with Gasteiger partial charge in [0, 0.05) is 32.1 Å². The molecule has 0 fully saturated rings. The molecule has 0 aliphatic carbocycles. The summed E-state index contributed by atoms with van der Waals surface area (Å²) in [6.45, 7) is 8.45. The number of likely N-dealkylation sites (N-methyl/N-ethyl adjacent to an activating group) is 1. The molecular formula is C46H81NO10P+. The largest absolute Gasteiger partial charge is 0.472 e. The molecule has 334 valence electrons. The first-order chi connectivity index (χ1) is 27.7. The van der Waals surface area contributed by atoms with Crippen molar-refractivity contribution in [3.05, 3.63) is 47.0 Å². The lowest BCUT2D eigenvalue weighted by atomic mass is 10.0. The van der Waals surface area contributed by atoms with Crippen LogP contribution < -0.4 is 0 Å². The summed E-state index contributed by atoms with van der Waals surface area (Å²) in [6.07, 6.45) is 27.5. The number of phosphoric acid groups is 1. The number of nitrogens with zero attached hydrogens (tertiary/aromatic N) is 1. The molecule has 0 amide bonds. The van der Waals surface area contributed by atoms with Gasteiger partial charge in [-0.05, 0) is 76.0 Å². The maximum Gasteiger partial charge on any atom is 0.472 e. The summed E-state index contributed by atoms with van der Waals surface area (Å²) in [5.74, 6) is 1.55. The lowest BCUT2D eigenvalue weighted by Crippen LogP contribution is -2.37. The molecule has 12 heteroatoms. The maximum atomic E-state index is 12.8. The molecule has 0 aliphatic rings. The third kappa shape index (κ3) is 28.8. The molecule has 2 atom stereocenters. The minimum atomic E-state index is -4.41. The number of hydrogen-bond acceptors (Lipinski definition) is 9. The highest BCUT2D eigenvalue weighted by molar-refractivity contribution is 7.47. The minimum absolute atomic E-state index is 0.00833. The van der Waals surface area contributed by atoms with Crippen molar-refractivity contribution in [2.75, 3.05) is 47.5 Å². The average molecular weight is 839 g/mol. The second kappa shape index (κ2) is 32.2. The van der Waals surface area contributed by atoms with Crippen LogP contribution in [-0.2, 0) is 50.3 Å². The zero-order valence-corrected chi connectivity index (χ0v) is 38.4. The molecule has 11 nitrogen and oxygen atoms in total. The van der Waals surface area contributed by atoms with Crippen molar-refractivity contribution < 1.29 is 51.3 Å². The molecule has 0 saturated carbocycles. The lowest BCUT2D eigenvalue weighted by molar-refractivity contribution is -0.870. The van der Waals surface area contributed by atoms with Crippen LogP contribution in [0.25, 0.3) is 0 Å². The molecule has 1 aromatic rings. The van der Waals surface area contributed by atoms with Gasteiger partial charge in [0.25, 0.3) is 0 Å². The minimum Gasteiger partial charge on any atom is -0.466 e. The predicted octanol–water partition coefficient (Wildman–Crippen LogP) is 11.2. The molecule has 1 unspecified atom stereocenters. The Morgan fingerprint density at radius 3 is 1.84 bits per heavy atom. The number of carbonyl (C=O) groups is 3. The summed E-state index contributed by atoms with van der Waals surface area (Å²) >= 11 is 0. The highest BCUT2D eigenvalue weighted by Gasteiger charge is 2.27. The van der Waals surface area contributed by atoms with E-state index < -0.39 is 32.5 Å². The Kier molecular flexibility index (Phi) is 29.7. The molecule has 1 aromatic heterocycles. The molecule has 0 radical (unpaired) electrons. The smallest absolute Gasteiger partial charge is 0.466 e. The number of hydrogen-bond donors (Lipinski definition) is 1. The number of furan rings is 1. The highest BCUT2D eigenvalue weighted by Crippen LogP contribution is 2.43. The van der Waals surface area contributed by atoms with Gasteiger partial charge in [-0.1, -0.05) is 103 Å². The van der Waals surface area contributed by atoms with E-state index in [0.29, 0.717) is 30.3 Å². The van der Waals surface area contributed by atoms with Gasteiger partial charge in [-0.25, -0.2) is 4.57 Å². The zero-order valence-electron chi connectivity index (χ0n) is 37.5. The predicted molar refractivity (Wildman–Crippen MR) is 233 cm³/mol. The quantitative estimate of drug-likeness (QED) is 0.0172. The number of rotatable bonds is 37. The standard InChI is InChI=1S/C46H80NO10P/c1-8-10-23-29-41(48)30-25-19-15-13-12-14-16-21-27-33-45(49)53-37-42(38-55-58(51,52)54-36-35-47(5,6)7)56-46(50)34-28-22-18-17-20-26-32-44-40(4)39(3)43(57-44)31-24-11-9-2/h15,19,25,30,42H,8-14,16-18,20-24,26-29,31-38H2,1-7H3/p+1/b19-15-,30-25+/t42-/m1/s1. The number of phosphoric ester groups is 1. The highest BCUT2D eigenvalue weighted by atomic mass is 31.2. The van der Waals surface area contributed by atoms with E-state index in [0.717, 1.165) is 108 Å². The summed E-state index contributed by atoms with van der Waals surface area (Å²) in [5.41, 5.74) is 2.59. The number of ketones is 1. The SMILES string of the molecule is CCCCCC(=O)/C=C/C=C\CCCCCCCC(=O)OC[C@H](COP(=O)(O)OCC[N+](C)(C)C)OC(=O)CCCCCCCCc1oc(CCCCC)c(C)c1C. The van der Waals surface area contributed by atoms with E-state index in [4.69, 9.17) is 22.9 Å². The number of ether oxygens (including phenoxy) is 2. The Balaban J connectivity index is 2.41. The van der Waals surface area contributed by atoms with Crippen LogP contribution in [0.1, 0.15) is 171 Å². The Morgan fingerprint density at radius 2 is 1.22 bits per heavy atom. The number of allylic oxidation sites excluding steroid dienone is 4. The Labute approximate surface area is 351 Å². The second-order valence-electron chi connectivity index (χ2n) is 16.7. The van der Waals surface area contributed by atoms with Crippen LogP contribution in [0.3, 0.4) is 0 Å². The number of aryl methyl sites for hydroxylation is 2. The first-order valence-corrected chi connectivity index (χ1v) is 23.9. The number of esters is 2. The molecule has 1 heterocycles. The van der Waals surface area contributed by atoms with Crippen molar-refractivity contribution in [3.8, 4) is 0 Å². The zero-order chi connectivity index (χ0) is 43.1. The molecular weight excluding hydrogens is 757 g/mol. The van der Waals surface area contributed by atoms with Gasteiger partial charge in [0.1, 0.15) is 31.3 Å². The normalized spacial score (nSPS) is 13.7. The number of carbonyl (C=O) groups excluding carboxylic acids is 3. The maximum absolute atomic E-state index is 12.8. The van der Waals surface area contributed by atoms with Crippen LogP contribution in [0.4, 0.5) is 0 Å². The van der Waals surface area contributed by atoms with E-state index >= 15 is 0 Å². The van der Waals surface area contributed by atoms with Gasteiger partial charge in [0.15, 0.2) is 11.9 Å². The van der Waals surface area contributed by atoms with Crippen molar-refractivity contribution in [2.45, 2.75) is 181 Å². The second-order valence-corrected chi connectivity index (χ2v) is 18.2. The fourth-order valence-corrected chi connectivity index (χ4v) is 7.03. The van der Waals surface area contributed by atoms with Crippen LogP contribution >= 0.6 is 7.82 Å². The van der Waals surface area contributed by atoms with Gasteiger partial charge in [0.05, 0.1) is 27.7 Å². The molecule has 1 rings (SSSR count). The molecule has 0 saturated heterocycles. The molecule has 58 heavy (non-hydrogen) atoms. The van der Waals surface area contributed by atoms with E-state index in [9.17, 15) is 23.8 Å². The van der Waals surface area contributed by atoms with Gasteiger partial charge in [0.2, 0.25) is 0 Å². The van der Waals surface area contributed by atoms with Gasteiger partial charge < -0.3 is 23.3 Å². The van der Waals surface area contributed by atoms with Crippen molar-refractivity contribution in [3.63, 3.8) is 0 Å². The van der Waals surface area contributed by atoms with Crippen LogP contribution in [0, 0.1) is 13.8 Å². The molecule has 1 N–H and O–H groups in total. The van der Waals surface area contributed by atoms with Crippen molar-refractivity contribution in [1.82, 2.24) is 0 Å². The monoisotopic (exact) mass is 839 g/mol. The van der Waals surface area contributed by atoms with Crippen molar-refractivity contribution in [2.24, 2.45) is 0 Å². The van der Waals surface area contributed by atoms with E-state index in [1.165, 1.54) is 30.4 Å². The van der Waals surface area contributed by atoms with Crippen LogP contribution in [-0.4, -0.2) is 80.7 Å². The fourth-order valence-electron chi connectivity index (χ4n) is 6.29. The third-order valence-corrected chi connectivity index (χ3v) is 11.1. The Morgan fingerprint density at radius 1 is 0.690 bits per heavy atom. The molecule has 0 aliphatic heterocycles. The molecule has 0 bridgehead atoms. The first-order valence-electron chi connectivity index (χ1n) is 22.4. The van der Waals surface area contributed by atoms with E-state index in [1.54, 1.807) is 6.08 Å². The Hall–Kier alpha value is -2.56. The van der Waals surface area contributed by atoms with Crippen LogP contribution in [0.5, 0.6) is 0 Å². The van der Waals surface area contributed by atoms with E-state index in [2.05, 4.69) is 33.8 Å². The first kappa shape index (κ1) is 53.5. The molecule has 0 aromatic carbocycles. The topological polar surface area (TPSA) is 139 Å². The molecule has 0 spiro atoms. The van der Waals surface area contributed by atoms with Gasteiger partial charge in [-0.15, -0.1) is 0 Å². The fraction of sp³-hybridized carbons (Fsp3) is 0.761. The van der Waals surface area contributed by atoms with Gasteiger partial charge in [-0.2, -0.15) is 0 Å². The van der Waals surface area contributed by atoms with E-state index in [-0.39, 0.29) is 31.8 Å². The van der Waals surface area contributed by atoms with Crippen LogP contribution in [0.2, 0.25) is 0 Å². The van der Waals surface area contributed by atoms with Crippen molar-refractivity contribution >= 4 is 25.5 Å². The van der Waals surface area contributed by atoms with Gasteiger partial charge in [-0.3, -0.25) is 23.4 Å².